The number of hydrogen-bond acceptors (Lipinski definition) is 7. The van der Waals surface area contributed by atoms with Crippen LogP contribution < -0.4 is 21.7 Å². The summed E-state index contributed by atoms with van der Waals surface area (Å²) in [6, 6.07) is 14.8. The van der Waals surface area contributed by atoms with E-state index in [1.807, 2.05) is 50.2 Å². The van der Waals surface area contributed by atoms with Crippen molar-refractivity contribution in [3.8, 4) is 0 Å². The number of nitrogens with one attached hydrogen (secondary N) is 3. The van der Waals surface area contributed by atoms with Gasteiger partial charge in [-0.15, -0.1) is 0 Å². The molecule has 0 saturated carbocycles. The molecular weight excluding hydrogens is 590 g/mol. The average molecular weight is 636 g/mol. The Labute approximate surface area is 269 Å². The van der Waals surface area contributed by atoms with Gasteiger partial charge in [0.15, 0.2) is 5.78 Å². The summed E-state index contributed by atoms with van der Waals surface area (Å²) in [5, 5.41) is 8.02. The molecule has 5 N–H and O–H groups in total. The van der Waals surface area contributed by atoms with Crippen LogP contribution in [0.3, 0.4) is 0 Å². The quantitative estimate of drug-likeness (QED) is 0.193. The van der Waals surface area contributed by atoms with E-state index in [1.165, 1.54) is 0 Å². The van der Waals surface area contributed by atoms with Gasteiger partial charge < -0.3 is 31.3 Å². The Bertz CT molecular complexity index is 1330. The van der Waals surface area contributed by atoms with Crippen LogP contribution in [-0.4, -0.2) is 71.6 Å². The summed E-state index contributed by atoms with van der Waals surface area (Å²) in [6.07, 6.45) is 0.743. The number of alkyl carbamates (subject to hydrolysis) is 1. The molecule has 1 aliphatic heterocycles. The second kappa shape index (κ2) is 18.3. The van der Waals surface area contributed by atoms with Crippen molar-refractivity contribution in [1.82, 2.24) is 20.9 Å². The Morgan fingerprint density at radius 2 is 1.35 bits per heavy atom. The number of likely N-dealkylation sites (tertiary alicyclic amines) is 1. The number of Topliss-reactive ketones (excluding diaryl/α,β-unsaturated/α-hetero) is 1. The molecule has 0 bridgehead atoms. The van der Waals surface area contributed by atoms with Crippen LogP contribution in [0, 0.1) is 5.92 Å². The molecule has 12 nitrogen and oxygen atoms in total. The van der Waals surface area contributed by atoms with Gasteiger partial charge in [0.2, 0.25) is 23.6 Å². The Kier molecular flexibility index (Phi) is 14.2. The molecule has 1 heterocycles. The van der Waals surface area contributed by atoms with Gasteiger partial charge in [0.05, 0.1) is 12.5 Å². The van der Waals surface area contributed by atoms with Crippen molar-refractivity contribution < 1.29 is 33.5 Å². The normalized spacial score (nSPS) is 14.5. The summed E-state index contributed by atoms with van der Waals surface area (Å²) in [5.41, 5.74) is 6.78. The van der Waals surface area contributed by atoms with Crippen LogP contribution in [0.1, 0.15) is 63.5 Å². The molecule has 0 aromatic heterocycles. The van der Waals surface area contributed by atoms with Gasteiger partial charge >= 0.3 is 6.09 Å². The topological polar surface area (TPSA) is 177 Å². The second-order valence-corrected chi connectivity index (χ2v) is 11.9. The van der Waals surface area contributed by atoms with Crippen molar-refractivity contribution in [3.63, 3.8) is 0 Å². The Balaban J connectivity index is 1.75. The zero-order valence-electron chi connectivity index (χ0n) is 26.5. The molecule has 2 aromatic rings. The van der Waals surface area contributed by atoms with E-state index in [4.69, 9.17) is 10.5 Å². The highest BCUT2D eigenvalue weighted by Gasteiger charge is 2.31. The van der Waals surface area contributed by atoms with Crippen molar-refractivity contribution >= 4 is 35.5 Å². The van der Waals surface area contributed by atoms with Crippen molar-refractivity contribution in [1.29, 1.82) is 0 Å². The SMILES string of the molecule is CC(C)CC(NC(=O)OCc1ccccc1)C(=O)N[C@@H](Cc1ccccc1)C(=O)N[C@@H](CCC(=O)N1CCCC1)C(=O)CC(N)=O. The van der Waals surface area contributed by atoms with Crippen molar-refractivity contribution in [2.45, 2.75) is 83.5 Å². The molecule has 2 aromatic carbocycles. The van der Waals surface area contributed by atoms with E-state index in [0.717, 1.165) is 24.0 Å². The van der Waals surface area contributed by atoms with Crippen LogP contribution in [0.4, 0.5) is 4.79 Å². The van der Waals surface area contributed by atoms with E-state index in [-0.39, 0.29) is 44.1 Å². The average Bonchev–Trinajstić information content (AvgIpc) is 3.57. The number of amides is 5. The predicted octanol–water partition coefficient (Wildman–Crippen LogP) is 2.39. The maximum atomic E-state index is 13.7. The van der Waals surface area contributed by atoms with E-state index >= 15 is 0 Å². The maximum Gasteiger partial charge on any atom is 0.408 e. The number of benzene rings is 2. The third-order valence-corrected chi connectivity index (χ3v) is 7.60. The third-order valence-electron chi connectivity index (χ3n) is 7.60. The van der Waals surface area contributed by atoms with Gasteiger partial charge in [-0.1, -0.05) is 74.5 Å². The van der Waals surface area contributed by atoms with Crippen molar-refractivity contribution in [3.05, 3.63) is 71.8 Å². The highest BCUT2D eigenvalue weighted by Crippen LogP contribution is 2.13. The number of nitrogens with two attached hydrogens (primary N) is 1. The molecule has 5 amide bonds. The first-order valence-corrected chi connectivity index (χ1v) is 15.7. The van der Waals surface area contributed by atoms with Crippen molar-refractivity contribution in [2.24, 2.45) is 11.7 Å². The molecule has 0 aliphatic carbocycles. The molecular formula is C34H45N5O7. The number of primary amides is 1. The molecule has 3 rings (SSSR count). The second-order valence-electron chi connectivity index (χ2n) is 11.9. The van der Waals surface area contributed by atoms with Crippen LogP contribution >= 0.6 is 0 Å². The van der Waals surface area contributed by atoms with Gasteiger partial charge in [0.25, 0.3) is 0 Å². The number of rotatable bonds is 17. The van der Waals surface area contributed by atoms with Crippen LogP contribution in [0.2, 0.25) is 0 Å². The Morgan fingerprint density at radius 1 is 0.783 bits per heavy atom. The number of carbonyl (C=O) groups is 6. The Morgan fingerprint density at radius 3 is 1.93 bits per heavy atom. The lowest BCUT2D eigenvalue weighted by molar-refractivity contribution is -0.134. The van der Waals surface area contributed by atoms with Crippen LogP contribution in [-0.2, 0) is 41.7 Å². The molecule has 12 heteroatoms. The van der Waals surface area contributed by atoms with Gasteiger partial charge in [0.1, 0.15) is 18.7 Å². The summed E-state index contributed by atoms with van der Waals surface area (Å²) in [7, 11) is 0. The molecule has 3 atom stereocenters. The lowest BCUT2D eigenvalue weighted by Gasteiger charge is -2.26. The molecule has 1 fully saturated rings. The van der Waals surface area contributed by atoms with Crippen LogP contribution in [0.25, 0.3) is 0 Å². The summed E-state index contributed by atoms with van der Waals surface area (Å²) in [4.78, 5) is 78.9. The number of nitrogens with zero attached hydrogens (tertiary/aromatic N) is 1. The fraction of sp³-hybridized carbons (Fsp3) is 0.471. The van der Waals surface area contributed by atoms with Gasteiger partial charge in [-0.2, -0.15) is 0 Å². The number of carbonyl (C=O) groups excluding carboxylic acids is 6. The number of ether oxygens (including phenoxy) is 1. The largest absolute Gasteiger partial charge is 0.445 e. The van der Waals surface area contributed by atoms with E-state index in [1.54, 1.807) is 29.2 Å². The van der Waals surface area contributed by atoms with E-state index in [2.05, 4.69) is 16.0 Å². The lowest BCUT2D eigenvalue weighted by atomic mass is 9.99. The summed E-state index contributed by atoms with van der Waals surface area (Å²) < 4.78 is 5.32. The zero-order chi connectivity index (χ0) is 33.5. The van der Waals surface area contributed by atoms with Gasteiger partial charge in [-0.05, 0) is 42.7 Å². The van der Waals surface area contributed by atoms with E-state index in [9.17, 15) is 28.8 Å². The molecule has 0 spiro atoms. The van der Waals surface area contributed by atoms with Crippen LogP contribution in [0.15, 0.2) is 60.7 Å². The molecule has 1 saturated heterocycles. The monoisotopic (exact) mass is 635 g/mol. The highest BCUT2D eigenvalue weighted by molar-refractivity contribution is 6.02. The standard InChI is InChI=1S/C34H45N5O7/c1-23(2)19-27(38-34(45)46-22-25-13-7-4-8-14-25)32(43)37-28(20-24-11-5-3-6-12-24)33(44)36-26(29(40)21-30(35)41)15-16-31(42)39-17-9-10-18-39/h3-8,11-14,23,26-28H,9-10,15-22H2,1-2H3,(H2,35,41)(H,36,44)(H,37,43)(H,38,45)/t26-,27?,28-/m0/s1. The highest BCUT2D eigenvalue weighted by atomic mass is 16.5. The maximum absolute atomic E-state index is 13.7. The predicted molar refractivity (Wildman–Crippen MR) is 171 cm³/mol. The minimum Gasteiger partial charge on any atom is -0.445 e. The van der Waals surface area contributed by atoms with Gasteiger partial charge in [-0.25, -0.2) is 4.79 Å². The summed E-state index contributed by atoms with van der Waals surface area (Å²) in [5.74, 6) is -2.89. The minimum atomic E-state index is -1.17. The molecule has 1 unspecified atom stereocenters. The van der Waals surface area contributed by atoms with E-state index in [0.29, 0.717) is 13.1 Å². The number of ketones is 1. The first-order chi connectivity index (χ1) is 22.0. The van der Waals surface area contributed by atoms with Gasteiger partial charge in [0, 0.05) is 25.9 Å². The fourth-order valence-electron chi connectivity index (χ4n) is 5.21. The Hall–Kier alpha value is -4.74. The molecule has 1 aliphatic rings. The summed E-state index contributed by atoms with van der Waals surface area (Å²) in [6.45, 7) is 5.08. The third kappa shape index (κ3) is 12.3. The fourth-order valence-corrected chi connectivity index (χ4v) is 5.21. The minimum absolute atomic E-state index is 0.00334. The first-order valence-electron chi connectivity index (χ1n) is 15.7. The zero-order valence-corrected chi connectivity index (χ0v) is 26.5. The van der Waals surface area contributed by atoms with Crippen molar-refractivity contribution in [2.75, 3.05) is 13.1 Å². The molecule has 0 radical (unpaired) electrons. The smallest absolute Gasteiger partial charge is 0.408 e. The van der Waals surface area contributed by atoms with Gasteiger partial charge in [-0.3, -0.25) is 24.0 Å². The number of hydrogen-bond donors (Lipinski definition) is 4. The first kappa shape index (κ1) is 35.7. The molecule has 46 heavy (non-hydrogen) atoms. The summed E-state index contributed by atoms with van der Waals surface area (Å²) >= 11 is 0. The lowest BCUT2D eigenvalue weighted by Crippen LogP contribution is -2.56. The molecule has 248 valence electrons. The van der Waals surface area contributed by atoms with E-state index < -0.39 is 54.1 Å². The van der Waals surface area contributed by atoms with Crippen LogP contribution in [0.5, 0.6) is 0 Å².